The molecule has 0 fully saturated rings. The number of carbonyl (C=O) groups is 2. The molecule has 0 heterocycles. The van der Waals surface area contributed by atoms with Gasteiger partial charge in [-0.1, -0.05) is 132 Å². The molecule has 0 aliphatic heterocycles. The van der Waals surface area contributed by atoms with Gasteiger partial charge in [0.25, 0.3) is 0 Å². The van der Waals surface area contributed by atoms with Gasteiger partial charge in [-0.3, -0.25) is 9.59 Å². The van der Waals surface area contributed by atoms with Crippen LogP contribution in [0.3, 0.4) is 0 Å². The normalized spacial score (nSPS) is 13.1. The monoisotopic (exact) mass is 973 g/mol. The van der Waals surface area contributed by atoms with Crippen molar-refractivity contribution in [3.05, 3.63) is 175 Å². The lowest BCUT2D eigenvalue weighted by molar-refractivity contribution is 0.111. The van der Waals surface area contributed by atoms with E-state index >= 15 is 0 Å². The quantitative estimate of drug-likeness (QED) is 0.0819. The van der Waals surface area contributed by atoms with Crippen LogP contribution in [0.1, 0.15) is 183 Å². The van der Waals surface area contributed by atoms with Crippen LogP contribution in [-0.2, 0) is 47.3 Å². The Kier molecular flexibility index (Phi) is 16.0. The first kappa shape index (κ1) is 53.3. The maximum Gasteiger partial charge on any atom is 0.150 e. The second-order valence-electron chi connectivity index (χ2n) is 23.7. The Morgan fingerprint density at radius 1 is 0.375 bits per heavy atom. The summed E-state index contributed by atoms with van der Waals surface area (Å²) in [6, 6.07) is 31.8. The van der Waals surface area contributed by atoms with Crippen LogP contribution in [0.4, 0.5) is 0 Å². The Balaban J connectivity index is 1.39. The van der Waals surface area contributed by atoms with Crippen molar-refractivity contribution in [3.8, 4) is 34.5 Å². The van der Waals surface area contributed by atoms with E-state index in [-0.39, 0.29) is 33.2 Å². The third kappa shape index (κ3) is 13.1. The molecular formula is C64H76O8. The fourth-order valence-electron chi connectivity index (χ4n) is 9.15. The number of carbonyl (C=O) groups excluding carboxylic acids is 2. The standard InChI is InChI=1S/C64H76O8/c1-61(2,3)51-31-43-27-47-35-53(63(7,8)9)37-49(59(47)71-25-13-23-69-55-19-15-41(39-65)16-20-55)29-45-33-52(62(4,5)6)34-46(58(45)68)30-50-38-54(64(10,11)12)36-48(28-44(32-51)57(43)67)60(50)72-26-14-24-70-56-21-17-42(40-66)18-22-56/h15-22,31-40,67-68H,13-14,23-30H2,1-12H3. The highest BCUT2D eigenvalue weighted by atomic mass is 16.5. The Morgan fingerprint density at radius 3 is 0.847 bits per heavy atom. The van der Waals surface area contributed by atoms with Crippen molar-refractivity contribution in [1.82, 2.24) is 0 Å². The highest BCUT2D eigenvalue weighted by molar-refractivity contribution is 5.75. The second kappa shape index (κ2) is 21.7. The van der Waals surface area contributed by atoms with Crippen molar-refractivity contribution in [2.24, 2.45) is 0 Å². The maximum absolute atomic E-state index is 12.7. The molecule has 0 radical (unpaired) electrons. The fraction of sp³-hybridized carbons (Fsp3) is 0.406. The van der Waals surface area contributed by atoms with Gasteiger partial charge in [-0.15, -0.1) is 0 Å². The number of rotatable bonds is 14. The van der Waals surface area contributed by atoms with Gasteiger partial charge in [0.1, 0.15) is 47.1 Å². The van der Waals surface area contributed by atoms with E-state index in [1.165, 1.54) is 0 Å². The molecule has 8 bridgehead atoms. The summed E-state index contributed by atoms with van der Waals surface area (Å²) in [6.45, 7) is 28.1. The third-order valence-electron chi connectivity index (χ3n) is 13.6. The van der Waals surface area contributed by atoms with Gasteiger partial charge in [0.05, 0.1) is 26.4 Å². The van der Waals surface area contributed by atoms with E-state index in [1.807, 2.05) is 0 Å². The summed E-state index contributed by atoms with van der Waals surface area (Å²) in [4.78, 5) is 22.5. The maximum atomic E-state index is 12.7. The van der Waals surface area contributed by atoms with E-state index in [1.54, 1.807) is 48.5 Å². The molecule has 7 rings (SSSR count). The summed E-state index contributed by atoms with van der Waals surface area (Å²) < 4.78 is 26.0. The average molecular weight is 973 g/mol. The smallest absolute Gasteiger partial charge is 0.150 e. The molecule has 6 aromatic rings. The molecule has 8 heteroatoms. The van der Waals surface area contributed by atoms with Crippen LogP contribution in [0, 0.1) is 0 Å². The minimum Gasteiger partial charge on any atom is -0.507 e. The van der Waals surface area contributed by atoms with Crippen LogP contribution in [0.5, 0.6) is 34.5 Å². The van der Waals surface area contributed by atoms with Gasteiger partial charge >= 0.3 is 0 Å². The summed E-state index contributed by atoms with van der Waals surface area (Å²) in [5.74, 6) is 3.35. The Bertz CT molecular complexity index is 2580. The Labute approximate surface area is 428 Å². The van der Waals surface area contributed by atoms with Crippen molar-refractivity contribution >= 4 is 12.6 Å². The van der Waals surface area contributed by atoms with Gasteiger partial charge in [-0.25, -0.2) is 0 Å². The number of aldehydes is 2. The van der Waals surface area contributed by atoms with Crippen LogP contribution in [0.25, 0.3) is 0 Å². The van der Waals surface area contributed by atoms with Crippen molar-refractivity contribution < 1.29 is 38.7 Å². The van der Waals surface area contributed by atoms with E-state index in [4.69, 9.17) is 18.9 Å². The van der Waals surface area contributed by atoms with Crippen molar-refractivity contribution in [2.75, 3.05) is 26.4 Å². The van der Waals surface area contributed by atoms with Crippen LogP contribution in [-0.4, -0.2) is 49.2 Å². The Hall–Kier alpha value is -6.54. The minimum absolute atomic E-state index is 0.226. The van der Waals surface area contributed by atoms with E-state index in [0.29, 0.717) is 87.6 Å². The van der Waals surface area contributed by atoms with Gasteiger partial charge in [-0.05, 0) is 137 Å². The zero-order chi connectivity index (χ0) is 52.2. The van der Waals surface area contributed by atoms with Gasteiger partial charge in [0.15, 0.2) is 0 Å². The number of ether oxygens (including phenoxy) is 4. The molecule has 380 valence electrons. The van der Waals surface area contributed by atoms with Gasteiger partial charge < -0.3 is 29.2 Å². The lowest BCUT2D eigenvalue weighted by Crippen LogP contribution is -2.17. The van der Waals surface area contributed by atoms with Crippen LogP contribution in [0.15, 0.2) is 97.1 Å². The van der Waals surface area contributed by atoms with Gasteiger partial charge in [-0.2, -0.15) is 0 Å². The molecule has 6 aromatic carbocycles. The molecule has 0 atom stereocenters. The summed E-state index contributed by atoms with van der Waals surface area (Å²) in [7, 11) is 0. The van der Waals surface area contributed by atoms with Gasteiger partial charge in [0.2, 0.25) is 0 Å². The predicted octanol–water partition coefficient (Wildman–Crippen LogP) is 14.3. The molecule has 0 unspecified atom stereocenters. The summed E-state index contributed by atoms with van der Waals surface area (Å²) >= 11 is 0. The van der Waals surface area contributed by atoms with Gasteiger partial charge in [0, 0.05) is 49.7 Å². The number of phenols is 2. The number of hydrogen-bond acceptors (Lipinski definition) is 8. The summed E-state index contributed by atoms with van der Waals surface area (Å²) in [6.07, 6.45) is 4.46. The first-order chi connectivity index (χ1) is 33.9. The van der Waals surface area contributed by atoms with Crippen molar-refractivity contribution in [1.29, 1.82) is 0 Å². The zero-order valence-corrected chi connectivity index (χ0v) is 44.8. The summed E-state index contributed by atoms with van der Waals surface area (Å²) in [5, 5.41) is 25.4. The number of fused-ring (bicyclic) bond motifs is 8. The first-order valence-corrected chi connectivity index (χ1v) is 25.6. The van der Waals surface area contributed by atoms with E-state index in [0.717, 1.165) is 90.8 Å². The van der Waals surface area contributed by atoms with E-state index in [2.05, 4.69) is 132 Å². The van der Waals surface area contributed by atoms with Crippen LogP contribution in [0.2, 0.25) is 0 Å². The fourth-order valence-corrected chi connectivity index (χ4v) is 9.15. The molecule has 1 aliphatic carbocycles. The molecule has 1 aliphatic rings. The molecule has 0 saturated heterocycles. The highest BCUT2D eigenvalue weighted by Crippen LogP contribution is 2.44. The molecule has 0 aromatic heterocycles. The molecule has 72 heavy (non-hydrogen) atoms. The van der Waals surface area contributed by atoms with Crippen LogP contribution < -0.4 is 18.9 Å². The lowest BCUT2D eigenvalue weighted by atomic mass is 9.79. The van der Waals surface area contributed by atoms with Crippen molar-refractivity contribution in [2.45, 2.75) is 143 Å². The molecule has 0 saturated carbocycles. The number of hydrogen-bond donors (Lipinski definition) is 2. The molecule has 8 nitrogen and oxygen atoms in total. The molecular weight excluding hydrogens is 897 g/mol. The largest absolute Gasteiger partial charge is 0.507 e. The molecule has 2 N–H and O–H groups in total. The number of aromatic hydroxyl groups is 2. The highest BCUT2D eigenvalue weighted by Gasteiger charge is 2.29. The average Bonchev–Trinajstić information content (AvgIpc) is 3.31. The lowest BCUT2D eigenvalue weighted by Gasteiger charge is -2.28. The SMILES string of the molecule is CC(C)(C)c1cc2c(O)c(c1)Cc1cc(C(C)(C)C)cc(c1OCCCOc1ccc(C=O)cc1)Cc1cc(C(C)(C)C)cc(c1O)Cc1cc(C(C)(C)C)cc(c1OCCCOc1ccc(C=O)cc1)C2. The third-order valence-corrected chi connectivity index (χ3v) is 13.6. The number of phenolic OH excluding ortho intramolecular Hbond substituents is 2. The molecule has 0 spiro atoms. The van der Waals surface area contributed by atoms with Crippen molar-refractivity contribution in [3.63, 3.8) is 0 Å². The summed E-state index contributed by atoms with van der Waals surface area (Å²) in [5.41, 5.74) is 11.8. The Morgan fingerprint density at radius 2 is 0.611 bits per heavy atom. The minimum atomic E-state index is -0.236. The van der Waals surface area contributed by atoms with Crippen LogP contribution >= 0.6 is 0 Å². The second-order valence-corrected chi connectivity index (χ2v) is 23.7. The number of benzene rings is 6. The zero-order valence-electron chi connectivity index (χ0n) is 44.8. The van der Waals surface area contributed by atoms with E-state index < -0.39 is 0 Å². The first-order valence-electron chi connectivity index (χ1n) is 25.6. The topological polar surface area (TPSA) is 112 Å². The van der Waals surface area contributed by atoms with E-state index in [9.17, 15) is 19.8 Å². The predicted molar refractivity (Wildman–Crippen MR) is 290 cm³/mol. The molecule has 0 amide bonds.